The van der Waals surface area contributed by atoms with Gasteiger partial charge in [0.2, 0.25) is 0 Å². The second-order valence-electron chi connectivity index (χ2n) is 8.62. The largest absolute Gasteiger partial charge is 0.573 e. The molecule has 0 amide bonds. The van der Waals surface area contributed by atoms with Gasteiger partial charge in [-0.25, -0.2) is 9.67 Å². The summed E-state index contributed by atoms with van der Waals surface area (Å²) in [5, 5.41) is 10.7. The van der Waals surface area contributed by atoms with Crippen LogP contribution in [-0.2, 0) is 6.18 Å². The summed E-state index contributed by atoms with van der Waals surface area (Å²) in [6, 6.07) is 15.9. The molecule has 0 saturated carbocycles. The van der Waals surface area contributed by atoms with Crippen LogP contribution in [0.4, 0.5) is 37.7 Å². The Labute approximate surface area is 235 Å². The van der Waals surface area contributed by atoms with Crippen LogP contribution < -0.4 is 20.4 Å². The second kappa shape index (κ2) is 11.8. The number of halogens is 6. The van der Waals surface area contributed by atoms with Crippen LogP contribution >= 0.6 is 12.2 Å². The Hall–Kier alpha value is -4.66. The van der Waals surface area contributed by atoms with Crippen molar-refractivity contribution < 1.29 is 31.1 Å². The highest BCUT2D eigenvalue weighted by Gasteiger charge is 2.34. The molecule has 214 valence electrons. The van der Waals surface area contributed by atoms with Crippen molar-refractivity contribution >= 4 is 34.9 Å². The van der Waals surface area contributed by atoms with E-state index in [1.807, 2.05) is 0 Å². The minimum absolute atomic E-state index is 0.131. The van der Waals surface area contributed by atoms with Gasteiger partial charge in [0.15, 0.2) is 10.9 Å². The fourth-order valence-electron chi connectivity index (χ4n) is 3.51. The molecular weight excluding hydrogens is 572 g/mol. The monoisotopic (exact) mass is 593 g/mol. The standard InChI is InChI=1S/C26H21F6N7OS/c1-38(2)19-9-12-22(21(13-19)25(27,28)29)35-24(41)36-34-14-16-3-5-17(6-4-16)23-33-15-39(37-23)18-7-10-20(11-8-18)40-26(30,31)32/h3-15H,1-2H3,(H2,35,36,41). The third-order valence-corrected chi connectivity index (χ3v) is 5.64. The number of aromatic nitrogens is 3. The van der Waals surface area contributed by atoms with E-state index in [2.05, 4.69) is 30.7 Å². The summed E-state index contributed by atoms with van der Waals surface area (Å²) in [7, 11) is 3.28. The first kappa shape index (κ1) is 29.3. The van der Waals surface area contributed by atoms with E-state index in [1.165, 1.54) is 53.6 Å². The van der Waals surface area contributed by atoms with E-state index in [-0.39, 0.29) is 16.5 Å². The van der Waals surface area contributed by atoms with Gasteiger partial charge in [-0.05, 0) is 60.2 Å². The molecule has 3 aromatic carbocycles. The molecule has 0 radical (unpaired) electrons. The van der Waals surface area contributed by atoms with Gasteiger partial charge in [-0.3, -0.25) is 5.43 Å². The lowest BCUT2D eigenvalue weighted by Crippen LogP contribution is -2.25. The lowest BCUT2D eigenvalue weighted by atomic mass is 10.1. The van der Waals surface area contributed by atoms with Crippen molar-refractivity contribution in [1.82, 2.24) is 20.2 Å². The number of hydrazone groups is 1. The molecule has 2 N–H and O–H groups in total. The Kier molecular flexibility index (Phi) is 8.47. The Morgan fingerprint density at radius 2 is 1.66 bits per heavy atom. The van der Waals surface area contributed by atoms with Crippen LogP contribution in [0.5, 0.6) is 5.75 Å². The van der Waals surface area contributed by atoms with E-state index in [4.69, 9.17) is 12.2 Å². The number of hydrogen-bond acceptors (Lipinski definition) is 6. The zero-order valence-electron chi connectivity index (χ0n) is 21.3. The predicted octanol–water partition coefficient (Wildman–Crippen LogP) is 6.24. The number of thiocarbonyl (C=S) groups is 1. The molecule has 1 heterocycles. The quantitative estimate of drug-likeness (QED) is 0.114. The first-order valence-corrected chi connectivity index (χ1v) is 12.1. The number of ether oxygens (including phenoxy) is 1. The molecular formula is C26H21F6N7OS. The van der Waals surface area contributed by atoms with Gasteiger partial charge in [0.25, 0.3) is 0 Å². The van der Waals surface area contributed by atoms with Crippen molar-refractivity contribution in [2.24, 2.45) is 5.10 Å². The average Bonchev–Trinajstić information content (AvgIpc) is 3.38. The molecule has 4 aromatic rings. The summed E-state index contributed by atoms with van der Waals surface area (Å²) in [5.41, 5.74) is 3.59. The summed E-state index contributed by atoms with van der Waals surface area (Å²) in [6.07, 6.45) is -6.53. The van der Waals surface area contributed by atoms with E-state index in [9.17, 15) is 26.3 Å². The molecule has 0 aliphatic heterocycles. The Morgan fingerprint density at radius 1 is 0.976 bits per heavy atom. The molecule has 41 heavy (non-hydrogen) atoms. The number of anilines is 2. The number of hydrogen-bond donors (Lipinski definition) is 2. The summed E-state index contributed by atoms with van der Waals surface area (Å²) >= 11 is 5.09. The maximum absolute atomic E-state index is 13.5. The molecule has 0 fully saturated rings. The molecule has 4 rings (SSSR count). The highest BCUT2D eigenvalue weighted by atomic mass is 32.1. The highest BCUT2D eigenvalue weighted by molar-refractivity contribution is 7.80. The zero-order valence-corrected chi connectivity index (χ0v) is 22.1. The zero-order chi connectivity index (χ0) is 29.8. The van der Waals surface area contributed by atoms with Crippen molar-refractivity contribution in [2.45, 2.75) is 12.5 Å². The van der Waals surface area contributed by atoms with Crippen LogP contribution in [0.1, 0.15) is 11.1 Å². The Balaban J connectivity index is 1.36. The molecule has 0 spiro atoms. The maximum Gasteiger partial charge on any atom is 0.573 e. The maximum atomic E-state index is 13.5. The molecule has 15 heteroatoms. The van der Waals surface area contributed by atoms with Gasteiger partial charge in [0.05, 0.1) is 23.2 Å². The van der Waals surface area contributed by atoms with E-state index >= 15 is 0 Å². The molecule has 0 unspecified atom stereocenters. The van der Waals surface area contributed by atoms with Crippen LogP contribution in [0.2, 0.25) is 0 Å². The summed E-state index contributed by atoms with van der Waals surface area (Å²) in [4.78, 5) is 5.79. The molecule has 8 nitrogen and oxygen atoms in total. The minimum Gasteiger partial charge on any atom is -0.406 e. The van der Waals surface area contributed by atoms with Gasteiger partial charge in [-0.15, -0.1) is 18.3 Å². The molecule has 1 aromatic heterocycles. The number of rotatable bonds is 7. The highest BCUT2D eigenvalue weighted by Crippen LogP contribution is 2.37. The van der Waals surface area contributed by atoms with E-state index in [1.54, 1.807) is 43.3 Å². The van der Waals surface area contributed by atoms with Crippen LogP contribution in [-0.4, -0.2) is 46.5 Å². The number of nitrogens with one attached hydrogen (secondary N) is 2. The van der Waals surface area contributed by atoms with Crippen LogP contribution in [0.25, 0.3) is 17.1 Å². The van der Waals surface area contributed by atoms with Crippen molar-refractivity contribution in [2.75, 3.05) is 24.3 Å². The van der Waals surface area contributed by atoms with E-state index in [0.29, 0.717) is 28.3 Å². The van der Waals surface area contributed by atoms with Crippen molar-refractivity contribution in [3.63, 3.8) is 0 Å². The normalized spacial score (nSPS) is 11.9. The lowest BCUT2D eigenvalue weighted by Gasteiger charge is -2.19. The minimum atomic E-state index is -4.78. The van der Waals surface area contributed by atoms with Gasteiger partial charge >= 0.3 is 12.5 Å². The summed E-state index contributed by atoms with van der Waals surface area (Å²) < 4.78 is 82.9. The first-order valence-electron chi connectivity index (χ1n) is 11.7. The Morgan fingerprint density at radius 3 is 2.27 bits per heavy atom. The fraction of sp³-hybridized carbons (Fsp3) is 0.154. The number of alkyl halides is 6. The molecule has 0 aliphatic rings. The third kappa shape index (κ3) is 7.94. The third-order valence-electron chi connectivity index (χ3n) is 5.45. The summed E-state index contributed by atoms with van der Waals surface area (Å²) in [6.45, 7) is 0. The van der Waals surface area contributed by atoms with Gasteiger partial charge in [-0.2, -0.15) is 18.3 Å². The Bertz CT molecular complexity index is 1530. The molecule has 0 saturated heterocycles. The summed E-state index contributed by atoms with van der Waals surface area (Å²) in [5.74, 6) is 0.0166. The fourth-order valence-corrected chi connectivity index (χ4v) is 3.67. The van der Waals surface area contributed by atoms with Gasteiger partial charge in [-0.1, -0.05) is 24.3 Å². The van der Waals surface area contributed by atoms with Crippen molar-refractivity contribution in [1.29, 1.82) is 0 Å². The van der Waals surface area contributed by atoms with E-state index < -0.39 is 18.1 Å². The van der Waals surface area contributed by atoms with Gasteiger partial charge in [0, 0.05) is 25.3 Å². The molecule has 0 aliphatic carbocycles. The van der Waals surface area contributed by atoms with Crippen molar-refractivity contribution in [3.05, 3.63) is 84.2 Å². The van der Waals surface area contributed by atoms with Crippen LogP contribution in [0.3, 0.4) is 0 Å². The molecule has 0 bridgehead atoms. The smallest absolute Gasteiger partial charge is 0.406 e. The predicted molar refractivity (Wildman–Crippen MR) is 146 cm³/mol. The van der Waals surface area contributed by atoms with E-state index in [0.717, 1.165) is 6.07 Å². The first-order chi connectivity index (χ1) is 19.3. The number of benzene rings is 3. The van der Waals surface area contributed by atoms with Gasteiger partial charge in [0.1, 0.15) is 12.1 Å². The van der Waals surface area contributed by atoms with Crippen molar-refractivity contribution in [3.8, 4) is 22.8 Å². The average molecular weight is 594 g/mol. The second-order valence-corrected chi connectivity index (χ2v) is 9.03. The molecule has 0 atom stereocenters. The van der Waals surface area contributed by atoms with Crippen LogP contribution in [0, 0.1) is 0 Å². The topological polar surface area (TPSA) is 79.6 Å². The van der Waals surface area contributed by atoms with Gasteiger partial charge < -0.3 is 15.0 Å². The lowest BCUT2D eigenvalue weighted by molar-refractivity contribution is -0.274. The SMILES string of the molecule is CN(C)c1ccc(NC(=S)NN=Cc2ccc(-c3ncn(-c4ccc(OC(F)(F)F)cc4)n3)cc2)c(C(F)(F)F)c1. The number of nitrogens with zero attached hydrogens (tertiary/aromatic N) is 5. The van der Waals surface area contributed by atoms with Crippen LogP contribution in [0.15, 0.2) is 78.2 Å².